The van der Waals surface area contributed by atoms with Crippen LogP contribution in [0.5, 0.6) is 5.75 Å². The summed E-state index contributed by atoms with van der Waals surface area (Å²) in [7, 11) is 0. The van der Waals surface area contributed by atoms with E-state index in [0.717, 1.165) is 27.6 Å². The molecule has 0 saturated heterocycles. The van der Waals surface area contributed by atoms with Crippen molar-refractivity contribution >= 4 is 27.9 Å². The first-order valence-electron chi connectivity index (χ1n) is 11.1. The third kappa shape index (κ3) is 4.25. The van der Waals surface area contributed by atoms with Crippen LogP contribution in [0.4, 0.5) is 0 Å². The minimum atomic E-state index is -0.167. The molecule has 2 heterocycles. The van der Waals surface area contributed by atoms with Gasteiger partial charge in [-0.2, -0.15) is 0 Å². The Hall–Kier alpha value is -4.82. The lowest BCUT2D eigenvalue weighted by atomic mass is 10.2. The lowest BCUT2D eigenvalue weighted by Gasteiger charge is -2.09. The van der Waals surface area contributed by atoms with Crippen LogP contribution in [0.25, 0.3) is 32.5 Å². The van der Waals surface area contributed by atoms with Crippen molar-refractivity contribution < 1.29 is 5.11 Å². The number of imidazole rings is 2. The highest BCUT2D eigenvalue weighted by molar-refractivity contribution is 5.80. The number of rotatable bonds is 7. The topological polar surface area (TPSA) is 138 Å². The predicted molar refractivity (Wildman–Crippen MR) is 134 cm³/mol. The summed E-state index contributed by atoms with van der Waals surface area (Å²) in [4.78, 5) is 21.1. The van der Waals surface area contributed by atoms with Gasteiger partial charge in [-0.15, -0.1) is 0 Å². The molecule has 0 radical (unpaired) electrons. The molecule has 174 valence electrons. The molecule has 0 aliphatic heterocycles. The van der Waals surface area contributed by atoms with E-state index in [1.165, 1.54) is 0 Å². The summed E-state index contributed by atoms with van der Waals surface area (Å²) in [5, 5.41) is 20.8. The number of hydrogen-bond donors (Lipinski definition) is 2. The van der Waals surface area contributed by atoms with E-state index in [2.05, 4.69) is 10.0 Å². The zero-order chi connectivity index (χ0) is 24.4. The van der Waals surface area contributed by atoms with Crippen molar-refractivity contribution in [1.29, 1.82) is 5.41 Å². The Labute approximate surface area is 199 Å². The predicted octanol–water partition coefficient (Wildman–Crippen LogP) is 4.63. The summed E-state index contributed by atoms with van der Waals surface area (Å²) < 4.78 is 5.38. The molecule has 0 unspecified atom stereocenters. The molecule has 0 fully saturated rings. The second kappa shape index (κ2) is 9.20. The number of benzene rings is 3. The Morgan fingerprint density at radius 2 is 1.54 bits per heavy atom. The molecule has 0 atom stereocenters. The maximum atomic E-state index is 13.6. The van der Waals surface area contributed by atoms with Crippen LogP contribution in [0.15, 0.2) is 82.7 Å². The van der Waals surface area contributed by atoms with Crippen LogP contribution < -0.4 is 5.69 Å². The fraction of sp³-hybridized carbons (Fsp3) is 0.160. The quantitative estimate of drug-likeness (QED) is 0.119. The van der Waals surface area contributed by atoms with Crippen molar-refractivity contribution in [3.8, 4) is 5.75 Å². The number of amidine groups is 1. The molecule has 0 saturated carbocycles. The second-order valence-electron chi connectivity index (χ2n) is 8.16. The number of nitrogens with one attached hydrogen (secondary N) is 1. The van der Waals surface area contributed by atoms with Gasteiger partial charge in [0.05, 0.1) is 41.0 Å². The van der Waals surface area contributed by atoms with Crippen molar-refractivity contribution in [2.75, 3.05) is 0 Å². The molecule has 2 aromatic heterocycles. The number of aromatic hydroxyl groups is 1. The number of hydrogen-bond acceptors (Lipinski definition) is 4. The number of nitrogens with zero attached hydrogens (tertiary/aromatic N) is 7. The molecule has 0 amide bonds. The van der Waals surface area contributed by atoms with Gasteiger partial charge in [0.1, 0.15) is 11.6 Å². The van der Waals surface area contributed by atoms with Crippen LogP contribution in [0.3, 0.4) is 0 Å². The molecule has 3 aromatic carbocycles. The van der Waals surface area contributed by atoms with E-state index >= 15 is 0 Å². The lowest BCUT2D eigenvalue weighted by molar-refractivity contribution is 0.475. The fourth-order valence-corrected chi connectivity index (χ4v) is 4.32. The van der Waals surface area contributed by atoms with Gasteiger partial charge < -0.3 is 15.1 Å². The van der Waals surface area contributed by atoms with Gasteiger partial charge in [0, 0.05) is 17.9 Å². The van der Waals surface area contributed by atoms with E-state index in [1.54, 1.807) is 33.4 Å². The largest absolute Gasteiger partial charge is 0.508 e. The average molecular weight is 467 g/mol. The Morgan fingerprint density at radius 1 is 0.914 bits per heavy atom. The van der Waals surface area contributed by atoms with Crippen LogP contribution in [0.2, 0.25) is 0 Å². The molecule has 5 aromatic rings. The molecule has 10 heteroatoms. The van der Waals surface area contributed by atoms with Gasteiger partial charge >= 0.3 is 5.69 Å². The Kier molecular flexibility index (Phi) is 5.78. The molecule has 35 heavy (non-hydrogen) atoms. The van der Waals surface area contributed by atoms with Crippen LogP contribution in [-0.4, -0.2) is 29.6 Å². The molecule has 5 rings (SSSR count). The normalized spacial score (nSPS) is 11.1. The number of azide groups is 1. The summed E-state index contributed by atoms with van der Waals surface area (Å²) in [6.45, 7) is 1.01. The molecule has 2 N–H and O–H groups in total. The van der Waals surface area contributed by atoms with Gasteiger partial charge in [-0.1, -0.05) is 36.4 Å². The SMILES string of the molecule is [N-]=[N+]=NC(=N)CCn1c(Cn2c(=O)n(Cc3ccc(O)cc3)c3ccccc32)nc2ccccc21. The van der Waals surface area contributed by atoms with E-state index in [0.29, 0.717) is 18.9 Å². The highest BCUT2D eigenvalue weighted by Gasteiger charge is 2.17. The molecule has 0 aliphatic rings. The minimum Gasteiger partial charge on any atom is -0.508 e. The molecular formula is C25H22N8O2. The van der Waals surface area contributed by atoms with Gasteiger partial charge in [-0.3, -0.25) is 9.13 Å². The van der Waals surface area contributed by atoms with Crippen molar-refractivity contribution in [1.82, 2.24) is 18.7 Å². The van der Waals surface area contributed by atoms with Gasteiger partial charge in [-0.05, 0) is 52.6 Å². The van der Waals surface area contributed by atoms with Crippen LogP contribution in [-0.2, 0) is 19.6 Å². The van der Waals surface area contributed by atoms with Crippen molar-refractivity contribution in [3.05, 3.63) is 105 Å². The second-order valence-corrected chi connectivity index (χ2v) is 8.16. The maximum absolute atomic E-state index is 13.6. The van der Waals surface area contributed by atoms with E-state index in [9.17, 15) is 9.90 Å². The zero-order valence-corrected chi connectivity index (χ0v) is 18.7. The first-order valence-corrected chi connectivity index (χ1v) is 11.1. The molecular weight excluding hydrogens is 444 g/mol. The number of phenolic OH excluding ortho intramolecular Hbond substituents is 1. The van der Waals surface area contributed by atoms with E-state index in [4.69, 9.17) is 15.9 Å². The summed E-state index contributed by atoms with van der Waals surface area (Å²) in [6, 6.07) is 22.1. The fourth-order valence-electron chi connectivity index (χ4n) is 4.32. The zero-order valence-electron chi connectivity index (χ0n) is 18.7. The summed E-state index contributed by atoms with van der Waals surface area (Å²) in [5.74, 6) is 0.796. The highest BCUT2D eigenvalue weighted by atomic mass is 16.3. The Bertz CT molecular complexity index is 1650. The number of aryl methyl sites for hydroxylation is 1. The Morgan fingerprint density at radius 3 is 2.23 bits per heavy atom. The number of phenols is 1. The highest BCUT2D eigenvalue weighted by Crippen LogP contribution is 2.21. The van der Waals surface area contributed by atoms with Crippen molar-refractivity contribution in [3.63, 3.8) is 0 Å². The standard InChI is InChI=1S/C25H22N8O2/c26-23(29-30-27)13-14-31-20-6-2-1-5-19(20)28-24(31)16-33-22-8-4-3-7-21(22)32(25(33)35)15-17-9-11-18(34)12-10-17/h1-12,26,34H,13-16H2. The van der Waals surface area contributed by atoms with Gasteiger partial charge in [0.2, 0.25) is 0 Å². The van der Waals surface area contributed by atoms with Gasteiger partial charge in [0.15, 0.2) is 0 Å². The average Bonchev–Trinajstić information content (AvgIpc) is 3.34. The van der Waals surface area contributed by atoms with E-state index in [-0.39, 0.29) is 30.2 Å². The maximum Gasteiger partial charge on any atom is 0.329 e. The third-order valence-electron chi connectivity index (χ3n) is 5.97. The Balaban J connectivity index is 1.57. The van der Waals surface area contributed by atoms with E-state index in [1.807, 2.05) is 53.1 Å². The number of para-hydroxylation sites is 4. The first-order chi connectivity index (χ1) is 17.0. The molecule has 10 nitrogen and oxygen atoms in total. The third-order valence-corrected chi connectivity index (χ3v) is 5.97. The van der Waals surface area contributed by atoms with Gasteiger partial charge in [-0.25, -0.2) is 9.78 Å². The molecule has 0 bridgehead atoms. The van der Waals surface area contributed by atoms with Crippen LogP contribution in [0, 0.1) is 5.41 Å². The van der Waals surface area contributed by atoms with Crippen molar-refractivity contribution in [2.24, 2.45) is 5.11 Å². The summed E-state index contributed by atoms with van der Waals surface area (Å²) >= 11 is 0. The minimum absolute atomic E-state index is 0.0566. The molecule has 0 aliphatic carbocycles. The number of aromatic nitrogens is 4. The van der Waals surface area contributed by atoms with Crippen molar-refractivity contribution in [2.45, 2.75) is 26.1 Å². The van der Waals surface area contributed by atoms with Crippen LogP contribution in [0.1, 0.15) is 17.8 Å². The summed E-state index contributed by atoms with van der Waals surface area (Å²) in [5.41, 5.74) is 12.6. The molecule has 0 spiro atoms. The van der Waals surface area contributed by atoms with E-state index < -0.39 is 0 Å². The van der Waals surface area contributed by atoms with Crippen LogP contribution >= 0.6 is 0 Å². The lowest BCUT2D eigenvalue weighted by Crippen LogP contribution is -2.26. The van der Waals surface area contributed by atoms with Gasteiger partial charge in [0.25, 0.3) is 0 Å². The summed E-state index contributed by atoms with van der Waals surface area (Å²) in [6.07, 6.45) is 0.245. The first kappa shape index (κ1) is 22.0. The monoisotopic (exact) mass is 466 g/mol. The smallest absolute Gasteiger partial charge is 0.329 e. The number of fused-ring (bicyclic) bond motifs is 2.